The van der Waals surface area contributed by atoms with Crippen molar-refractivity contribution in [3.63, 3.8) is 0 Å². The number of benzene rings is 2. The third-order valence-electron chi connectivity index (χ3n) is 4.85. The van der Waals surface area contributed by atoms with E-state index in [0.29, 0.717) is 6.54 Å². The molecule has 1 atom stereocenters. The van der Waals surface area contributed by atoms with Crippen LogP contribution in [0.2, 0.25) is 0 Å². The fraction of sp³-hybridized carbons (Fsp3) is 0.304. The van der Waals surface area contributed by atoms with Gasteiger partial charge in [0.05, 0.1) is 0 Å². The molecule has 3 aromatic rings. The first-order chi connectivity index (χ1) is 13.6. The fourth-order valence-electron chi connectivity index (χ4n) is 3.15. The molecule has 5 nitrogen and oxygen atoms in total. The van der Waals surface area contributed by atoms with E-state index < -0.39 is 6.04 Å². The van der Waals surface area contributed by atoms with Crippen molar-refractivity contribution in [3.05, 3.63) is 78.1 Å². The number of carbonyl (C=O) groups is 1. The predicted molar refractivity (Wildman–Crippen MR) is 118 cm³/mol. The highest BCUT2D eigenvalue weighted by Gasteiger charge is 2.19. The number of hydrogen-bond donors (Lipinski definition) is 1. The second kappa shape index (κ2) is 11.4. The highest BCUT2D eigenvalue weighted by molar-refractivity contribution is 5.85. The van der Waals surface area contributed by atoms with Crippen molar-refractivity contribution in [2.24, 2.45) is 5.73 Å². The van der Waals surface area contributed by atoms with Crippen LogP contribution >= 0.6 is 12.4 Å². The first kappa shape index (κ1) is 22.7. The summed E-state index contributed by atoms with van der Waals surface area (Å²) in [7, 11) is 1.81. The molecule has 1 heterocycles. The molecule has 0 aliphatic rings. The molecular weight excluding hydrogens is 386 g/mol. The summed E-state index contributed by atoms with van der Waals surface area (Å²) in [5.74, 6) is 0.850. The van der Waals surface area contributed by atoms with Crippen LogP contribution in [0.4, 0.5) is 0 Å². The van der Waals surface area contributed by atoms with Crippen molar-refractivity contribution in [2.45, 2.75) is 31.7 Å². The average molecular weight is 414 g/mol. The molecule has 0 spiro atoms. The molecule has 29 heavy (non-hydrogen) atoms. The molecule has 154 valence electrons. The van der Waals surface area contributed by atoms with Gasteiger partial charge in [0.2, 0.25) is 5.91 Å². The summed E-state index contributed by atoms with van der Waals surface area (Å²) >= 11 is 0. The number of hydrogen-bond acceptors (Lipinski definition) is 4. The molecular formula is C23H28ClN3O2. The van der Waals surface area contributed by atoms with E-state index in [1.54, 1.807) is 4.90 Å². The number of nitrogens with zero attached hydrogens (tertiary/aromatic N) is 2. The SMILES string of the molecule is CN(CCCCCc1cc(-c2ccccc2)no1)C(=O)C(N)c1ccccc1.Cl. The lowest BCUT2D eigenvalue weighted by atomic mass is 10.1. The number of carbonyl (C=O) groups excluding carboxylic acids is 1. The first-order valence-corrected chi connectivity index (χ1v) is 9.71. The molecule has 3 rings (SSSR count). The number of aromatic nitrogens is 1. The molecule has 2 N–H and O–H groups in total. The van der Waals surface area contributed by atoms with Crippen LogP contribution in [0.5, 0.6) is 0 Å². The second-order valence-electron chi connectivity index (χ2n) is 7.00. The molecule has 1 unspecified atom stereocenters. The minimum Gasteiger partial charge on any atom is -0.361 e. The van der Waals surface area contributed by atoms with Crippen LogP contribution < -0.4 is 5.73 Å². The molecule has 0 aliphatic heterocycles. The van der Waals surface area contributed by atoms with Crippen molar-refractivity contribution < 1.29 is 9.32 Å². The number of amides is 1. The lowest BCUT2D eigenvalue weighted by Crippen LogP contribution is -2.36. The van der Waals surface area contributed by atoms with Crippen LogP contribution in [-0.2, 0) is 11.2 Å². The molecule has 0 saturated carbocycles. The highest BCUT2D eigenvalue weighted by atomic mass is 35.5. The van der Waals surface area contributed by atoms with Crippen LogP contribution in [0.15, 0.2) is 71.3 Å². The Bertz CT molecular complexity index is 868. The summed E-state index contributed by atoms with van der Waals surface area (Å²) in [6.07, 6.45) is 3.79. The van der Waals surface area contributed by atoms with Crippen molar-refractivity contribution in [2.75, 3.05) is 13.6 Å². The maximum atomic E-state index is 12.4. The number of rotatable bonds is 9. The largest absolute Gasteiger partial charge is 0.361 e. The molecule has 0 radical (unpaired) electrons. The lowest BCUT2D eigenvalue weighted by molar-refractivity contribution is -0.131. The highest BCUT2D eigenvalue weighted by Crippen LogP contribution is 2.20. The standard InChI is InChI=1S/C23H27N3O2.ClH/c1-26(23(27)22(24)19-13-7-3-8-14-19)16-10-4-9-15-20-17-21(25-28-20)18-11-5-2-6-12-18;/h2-3,5-8,11-14,17,22H,4,9-10,15-16,24H2,1H3;1H. The van der Waals surface area contributed by atoms with Crippen LogP contribution in [0.25, 0.3) is 11.3 Å². The van der Waals surface area contributed by atoms with E-state index >= 15 is 0 Å². The zero-order valence-electron chi connectivity index (χ0n) is 16.7. The summed E-state index contributed by atoms with van der Waals surface area (Å²) in [6.45, 7) is 0.699. The summed E-state index contributed by atoms with van der Waals surface area (Å²) in [5.41, 5.74) is 8.87. The maximum absolute atomic E-state index is 12.4. The Balaban J connectivity index is 0.00000300. The van der Waals surface area contributed by atoms with Gasteiger partial charge in [0, 0.05) is 31.6 Å². The van der Waals surface area contributed by atoms with Gasteiger partial charge in [-0.2, -0.15) is 0 Å². The predicted octanol–water partition coefficient (Wildman–Crippen LogP) is 4.63. The minimum absolute atomic E-state index is 0. The Morgan fingerprint density at radius 2 is 1.69 bits per heavy atom. The average Bonchev–Trinajstić information content (AvgIpc) is 3.22. The van der Waals surface area contributed by atoms with Gasteiger partial charge >= 0.3 is 0 Å². The van der Waals surface area contributed by atoms with Crippen LogP contribution in [0.1, 0.15) is 36.6 Å². The number of nitrogens with two attached hydrogens (primary N) is 1. The number of likely N-dealkylation sites (N-methyl/N-ethyl adjacent to an activating group) is 1. The number of aryl methyl sites for hydroxylation is 1. The molecule has 0 bridgehead atoms. The Kier molecular flexibility index (Phi) is 8.90. The van der Waals surface area contributed by atoms with Crippen LogP contribution in [0, 0.1) is 0 Å². The lowest BCUT2D eigenvalue weighted by Gasteiger charge is -2.21. The van der Waals surface area contributed by atoms with Gasteiger partial charge in [-0.1, -0.05) is 72.2 Å². The summed E-state index contributed by atoms with van der Waals surface area (Å²) in [5, 5.41) is 4.14. The first-order valence-electron chi connectivity index (χ1n) is 9.71. The van der Waals surface area contributed by atoms with Gasteiger partial charge in [0.1, 0.15) is 17.5 Å². The van der Waals surface area contributed by atoms with E-state index in [2.05, 4.69) is 5.16 Å². The van der Waals surface area contributed by atoms with Gasteiger partial charge in [-0.25, -0.2) is 0 Å². The Labute approximate surface area is 178 Å². The number of halogens is 1. The third-order valence-corrected chi connectivity index (χ3v) is 4.85. The Morgan fingerprint density at radius 1 is 1.03 bits per heavy atom. The minimum atomic E-state index is -0.600. The summed E-state index contributed by atoms with van der Waals surface area (Å²) < 4.78 is 5.43. The molecule has 6 heteroatoms. The van der Waals surface area contributed by atoms with Crippen molar-refractivity contribution in [3.8, 4) is 11.3 Å². The van der Waals surface area contributed by atoms with Crippen molar-refractivity contribution in [1.82, 2.24) is 10.1 Å². The molecule has 0 fully saturated rings. The molecule has 0 saturated heterocycles. The normalized spacial score (nSPS) is 11.5. The third kappa shape index (κ3) is 6.44. The monoisotopic (exact) mass is 413 g/mol. The molecule has 0 aliphatic carbocycles. The topological polar surface area (TPSA) is 72.4 Å². The van der Waals surface area contributed by atoms with Crippen molar-refractivity contribution in [1.29, 1.82) is 0 Å². The van der Waals surface area contributed by atoms with Gasteiger partial charge in [-0.05, 0) is 18.4 Å². The maximum Gasteiger partial charge on any atom is 0.243 e. The van der Waals surface area contributed by atoms with Gasteiger partial charge in [0.15, 0.2) is 0 Å². The van der Waals surface area contributed by atoms with Gasteiger partial charge in [0.25, 0.3) is 0 Å². The second-order valence-corrected chi connectivity index (χ2v) is 7.00. The van der Waals surface area contributed by atoms with E-state index in [4.69, 9.17) is 10.3 Å². The van der Waals surface area contributed by atoms with Crippen LogP contribution in [0.3, 0.4) is 0 Å². The van der Waals surface area contributed by atoms with Gasteiger partial charge < -0.3 is 15.2 Å². The molecule has 1 aromatic heterocycles. The molecule has 1 amide bonds. The van der Waals surface area contributed by atoms with E-state index in [-0.39, 0.29) is 18.3 Å². The summed E-state index contributed by atoms with van der Waals surface area (Å²) in [6, 6.07) is 20.9. The Hall–Kier alpha value is -2.63. The summed E-state index contributed by atoms with van der Waals surface area (Å²) in [4.78, 5) is 14.2. The van der Waals surface area contributed by atoms with E-state index in [1.807, 2.05) is 73.8 Å². The zero-order chi connectivity index (χ0) is 19.8. The smallest absolute Gasteiger partial charge is 0.243 e. The van der Waals surface area contributed by atoms with Gasteiger partial charge in [-0.3, -0.25) is 4.79 Å². The zero-order valence-corrected chi connectivity index (χ0v) is 17.5. The molecule has 2 aromatic carbocycles. The van der Waals surface area contributed by atoms with Crippen molar-refractivity contribution >= 4 is 18.3 Å². The quantitative estimate of drug-likeness (QED) is 0.519. The van der Waals surface area contributed by atoms with Crippen LogP contribution in [-0.4, -0.2) is 29.6 Å². The number of unbranched alkanes of at least 4 members (excludes halogenated alkanes) is 2. The Morgan fingerprint density at radius 3 is 2.38 bits per heavy atom. The fourth-order valence-corrected chi connectivity index (χ4v) is 3.15. The van der Waals surface area contributed by atoms with E-state index in [9.17, 15) is 4.79 Å². The van der Waals surface area contributed by atoms with E-state index in [0.717, 1.165) is 48.3 Å². The van der Waals surface area contributed by atoms with Gasteiger partial charge in [-0.15, -0.1) is 12.4 Å². The van der Waals surface area contributed by atoms with E-state index in [1.165, 1.54) is 0 Å².